The van der Waals surface area contributed by atoms with Crippen LogP contribution in [0, 0.1) is 0 Å². The first kappa shape index (κ1) is 10.6. The Bertz CT molecular complexity index is 274. The van der Waals surface area contributed by atoms with Crippen LogP contribution in [0.15, 0.2) is 0 Å². The highest BCUT2D eigenvalue weighted by molar-refractivity contribution is 5.75. The van der Waals surface area contributed by atoms with Crippen molar-refractivity contribution in [2.24, 2.45) is 5.73 Å². The molecule has 0 aromatic carbocycles. The summed E-state index contributed by atoms with van der Waals surface area (Å²) in [4.78, 5) is 11.1. The van der Waals surface area contributed by atoms with E-state index in [9.17, 15) is 4.79 Å². The van der Waals surface area contributed by atoms with Gasteiger partial charge in [-0.3, -0.25) is 4.79 Å². The zero-order chi connectivity index (χ0) is 10.4. The average Bonchev–Trinajstić information content (AvgIpc) is 2.67. The normalized spacial score (nSPS) is 12.4. The molecule has 0 unspecified atom stereocenters. The Labute approximate surface area is 81.0 Å². The van der Waals surface area contributed by atoms with Crippen molar-refractivity contribution in [2.75, 3.05) is 6.61 Å². The smallest absolute Gasteiger partial charge is 0.322 e. The van der Waals surface area contributed by atoms with Crippen molar-refractivity contribution in [3.63, 3.8) is 0 Å². The van der Waals surface area contributed by atoms with E-state index in [0.29, 0.717) is 25.3 Å². The molecule has 0 amide bonds. The van der Waals surface area contributed by atoms with E-state index in [1.165, 1.54) is 0 Å². The number of nitrogens with one attached hydrogen (secondary N) is 1. The van der Waals surface area contributed by atoms with Crippen LogP contribution in [0.1, 0.15) is 19.2 Å². The summed E-state index contributed by atoms with van der Waals surface area (Å²) in [5.74, 6) is 0.153. The minimum absolute atomic E-state index is 0.342. The molecule has 0 aliphatic carbocycles. The van der Waals surface area contributed by atoms with Gasteiger partial charge in [0.1, 0.15) is 6.04 Å². The Morgan fingerprint density at radius 3 is 3.07 bits per heavy atom. The molecule has 78 valence electrons. The highest BCUT2D eigenvalue weighted by Crippen LogP contribution is 1.98. The molecule has 1 heterocycles. The van der Waals surface area contributed by atoms with Gasteiger partial charge in [0, 0.05) is 6.42 Å². The second-order valence-corrected chi connectivity index (χ2v) is 2.73. The van der Waals surface area contributed by atoms with Crippen LogP contribution < -0.4 is 5.73 Å². The topological polar surface area (TPSA) is 107 Å². The van der Waals surface area contributed by atoms with Crippen LogP contribution in [0.4, 0.5) is 0 Å². The van der Waals surface area contributed by atoms with Crippen LogP contribution in [0.2, 0.25) is 0 Å². The van der Waals surface area contributed by atoms with Crippen molar-refractivity contribution in [2.45, 2.75) is 25.8 Å². The van der Waals surface area contributed by atoms with Gasteiger partial charge in [0.15, 0.2) is 5.82 Å². The van der Waals surface area contributed by atoms with E-state index in [1.54, 1.807) is 6.92 Å². The van der Waals surface area contributed by atoms with E-state index in [1.807, 2.05) is 0 Å². The van der Waals surface area contributed by atoms with Crippen molar-refractivity contribution in [1.82, 2.24) is 20.6 Å². The molecule has 1 aromatic rings. The molecule has 0 saturated heterocycles. The van der Waals surface area contributed by atoms with Crippen LogP contribution in [0.5, 0.6) is 0 Å². The zero-order valence-corrected chi connectivity index (χ0v) is 7.93. The second kappa shape index (κ2) is 5.28. The molecule has 0 bridgehead atoms. The molecular formula is C7H13N5O2. The third-order valence-corrected chi connectivity index (χ3v) is 1.66. The van der Waals surface area contributed by atoms with E-state index < -0.39 is 12.0 Å². The summed E-state index contributed by atoms with van der Waals surface area (Å²) in [6.45, 7) is 2.08. The molecule has 0 radical (unpaired) electrons. The van der Waals surface area contributed by atoms with Crippen LogP contribution in [0.3, 0.4) is 0 Å². The quantitative estimate of drug-likeness (QED) is 0.590. The Morgan fingerprint density at radius 1 is 1.71 bits per heavy atom. The first-order valence-corrected chi connectivity index (χ1v) is 4.38. The fraction of sp³-hybridized carbons (Fsp3) is 0.714. The Kier molecular flexibility index (Phi) is 3.99. The predicted octanol–water partition coefficient (Wildman–Crippen LogP) is -0.977. The van der Waals surface area contributed by atoms with Crippen LogP contribution in [-0.4, -0.2) is 39.2 Å². The number of carbonyl (C=O) groups is 1. The van der Waals surface area contributed by atoms with Crippen LogP contribution >= 0.6 is 0 Å². The molecule has 0 aliphatic rings. The number of nitrogens with zero attached hydrogens (tertiary/aromatic N) is 3. The van der Waals surface area contributed by atoms with Gasteiger partial charge in [-0.2, -0.15) is 5.21 Å². The van der Waals surface area contributed by atoms with Gasteiger partial charge in [0.05, 0.1) is 6.61 Å². The molecule has 1 aromatic heterocycles. The number of aromatic nitrogens is 4. The number of ether oxygens (including phenoxy) is 1. The molecule has 0 spiro atoms. The maximum Gasteiger partial charge on any atom is 0.322 e. The largest absolute Gasteiger partial charge is 0.465 e. The lowest BCUT2D eigenvalue weighted by molar-refractivity contribution is -0.144. The van der Waals surface area contributed by atoms with Crippen molar-refractivity contribution < 1.29 is 9.53 Å². The first-order valence-electron chi connectivity index (χ1n) is 4.38. The number of aromatic amines is 1. The Hall–Kier alpha value is -1.50. The second-order valence-electron chi connectivity index (χ2n) is 2.73. The van der Waals surface area contributed by atoms with Gasteiger partial charge >= 0.3 is 5.97 Å². The summed E-state index contributed by atoms with van der Waals surface area (Å²) < 4.78 is 4.75. The molecule has 7 heteroatoms. The number of esters is 1. The minimum atomic E-state index is -0.617. The molecule has 0 aliphatic heterocycles. The van der Waals surface area contributed by atoms with E-state index in [0.717, 1.165) is 0 Å². The summed E-state index contributed by atoms with van der Waals surface area (Å²) in [7, 11) is 0. The summed E-state index contributed by atoms with van der Waals surface area (Å²) in [6.07, 6.45) is 0.967. The highest BCUT2D eigenvalue weighted by atomic mass is 16.5. The number of rotatable bonds is 5. The summed E-state index contributed by atoms with van der Waals surface area (Å²) in [5, 5.41) is 13.2. The zero-order valence-electron chi connectivity index (χ0n) is 7.93. The number of tetrazole rings is 1. The van der Waals surface area contributed by atoms with Crippen molar-refractivity contribution in [3.8, 4) is 0 Å². The number of hydrogen-bond donors (Lipinski definition) is 2. The number of nitrogens with two attached hydrogens (primary N) is 1. The number of carbonyl (C=O) groups excluding carboxylic acids is 1. The van der Waals surface area contributed by atoms with Gasteiger partial charge in [0.2, 0.25) is 0 Å². The van der Waals surface area contributed by atoms with Gasteiger partial charge in [-0.1, -0.05) is 5.21 Å². The molecule has 14 heavy (non-hydrogen) atoms. The van der Waals surface area contributed by atoms with Gasteiger partial charge < -0.3 is 10.5 Å². The average molecular weight is 199 g/mol. The van der Waals surface area contributed by atoms with Crippen LogP contribution in [0.25, 0.3) is 0 Å². The third kappa shape index (κ3) is 3.09. The fourth-order valence-electron chi connectivity index (χ4n) is 0.940. The SMILES string of the molecule is CCOC(=O)[C@@H](N)CCc1nn[nH]n1. The lowest BCUT2D eigenvalue weighted by atomic mass is 10.1. The van der Waals surface area contributed by atoms with Gasteiger partial charge in [-0.25, -0.2) is 0 Å². The monoisotopic (exact) mass is 199 g/mol. The van der Waals surface area contributed by atoms with Crippen molar-refractivity contribution in [1.29, 1.82) is 0 Å². The lowest BCUT2D eigenvalue weighted by Gasteiger charge is -2.08. The molecule has 1 atom stereocenters. The standard InChI is InChI=1S/C7H13N5O2/c1-2-14-7(13)5(8)3-4-6-9-11-12-10-6/h5H,2-4,8H2,1H3,(H,9,10,11,12)/t5-/m0/s1. The van der Waals surface area contributed by atoms with Gasteiger partial charge in [-0.05, 0) is 13.3 Å². The molecule has 1 rings (SSSR count). The summed E-state index contributed by atoms with van der Waals surface area (Å²) >= 11 is 0. The number of aryl methyl sites for hydroxylation is 1. The molecule has 7 nitrogen and oxygen atoms in total. The summed E-state index contributed by atoms with van der Waals surface area (Å²) in [5.41, 5.74) is 5.56. The maximum absolute atomic E-state index is 11.1. The molecule has 3 N–H and O–H groups in total. The van der Waals surface area contributed by atoms with E-state index in [2.05, 4.69) is 20.6 Å². The van der Waals surface area contributed by atoms with Crippen LogP contribution in [-0.2, 0) is 16.0 Å². The molecular weight excluding hydrogens is 186 g/mol. The van der Waals surface area contributed by atoms with E-state index in [4.69, 9.17) is 10.5 Å². The highest BCUT2D eigenvalue weighted by Gasteiger charge is 2.14. The Balaban J connectivity index is 2.27. The predicted molar refractivity (Wildman–Crippen MR) is 47.1 cm³/mol. The minimum Gasteiger partial charge on any atom is -0.465 e. The van der Waals surface area contributed by atoms with Gasteiger partial charge in [-0.15, -0.1) is 10.2 Å². The first-order chi connectivity index (χ1) is 6.74. The maximum atomic E-state index is 11.1. The van der Waals surface area contributed by atoms with Crippen molar-refractivity contribution in [3.05, 3.63) is 5.82 Å². The number of hydrogen-bond acceptors (Lipinski definition) is 6. The van der Waals surface area contributed by atoms with Crippen molar-refractivity contribution >= 4 is 5.97 Å². The Morgan fingerprint density at radius 2 is 2.50 bits per heavy atom. The summed E-state index contributed by atoms with van der Waals surface area (Å²) in [6, 6.07) is -0.617. The number of H-pyrrole nitrogens is 1. The van der Waals surface area contributed by atoms with E-state index in [-0.39, 0.29) is 0 Å². The molecule has 0 saturated carbocycles. The fourth-order valence-corrected chi connectivity index (χ4v) is 0.940. The van der Waals surface area contributed by atoms with E-state index >= 15 is 0 Å². The third-order valence-electron chi connectivity index (χ3n) is 1.66. The lowest BCUT2D eigenvalue weighted by Crippen LogP contribution is -2.32. The van der Waals surface area contributed by atoms with Gasteiger partial charge in [0.25, 0.3) is 0 Å². The molecule has 0 fully saturated rings.